The molecule has 0 heterocycles. The molecule has 0 unspecified atom stereocenters. The first-order valence-electron chi connectivity index (χ1n) is 6.54. The lowest BCUT2D eigenvalue weighted by Crippen LogP contribution is -2.36. The fourth-order valence-electron chi connectivity index (χ4n) is 1.87. The summed E-state index contributed by atoms with van der Waals surface area (Å²) in [6.45, 7) is 0. The molecule has 1 atom stereocenters. The zero-order valence-corrected chi connectivity index (χ0v) is 11.3. The van der Waals surface area contributed by atoms with E-state index in [1.165, 1.54) is 0 Å². The second kappa shape index (κ2) is 7.09. The van der Waals surface area contributed by atoms with Gasteiger partial charge in [-0.15, -0.1) is 0 Å². The zero-order valence-electron chi connectivity index (χ0n) is 11.3. The Kier molecular flexibility index (Phi) is 4.93. The van der Waals surface area contributed by atoms with Gasteiger partial charge in [0, 0.05) is 11.4 Å². The van der Waals surface area contributed by atoms with Crippen LogP contribution in [0.2, 0.25) is 0 Å². The van der Waals surface area contributed by atoms with Gasteiger partial charge in [-0.05, 0) is 24.3 Å². The van der Waals surface area contributed by atoms with Crippen LogP contribution in [0.3, 0.4) is 0 Å². The van der Waals surface area contributed by atoms with Crippen LogP contribution in [0.1, 0.15) is 6.42 Å². The van der Waals surface area contributed by atoms with Crippen LogP contribution in [-0.4, -0.2) is 23.0 Å². The van der Waals surface area contributed by atoms with E-state index in [-0.39, 0.29) is 12.3 Å². The third-order valence-electron chi connectivity index (χ3n) is 2.85. The van der Waals surface area contributed by atoms with Crippen LogP contribution in [0.5, 0.6) is 0 Å². The number of nitrogens with one attached hydrogen (secondary N) is 2. The van der Waals surface area contributed by atoms with Crippen molar-refractivity contribution >= 4 is 23.3 Å². The number of hydrogen-bond donors (Lipinski definition) is 3. The van der Waals surface area contributed by atoms with Crippen LogP contribution in [0.25, 0.3) is 0 Å². The number of hydrogen-bond acceptors (Lipinski definition) is 3. The molecule has 2 aromatic carbocycles. The minimum absolute atomic E-state index is 0.298. The fourth-order valence-corrected chi connectivity index (χ4v) is 1.87. The van der Waals surface area contributed by atoms with Gasteiger partial charge >= 0.3 is 5.97 Å². The Balaban J connectivity index is 2.08. The zero-order chi connectivity index (χ0) is 15.1. The largest absolute Gasteiger partial charge is 0.481 e. The van der Waals surface area contributed by atoms with Gasteiger partial charge in [0.25, 0.3) is 0 Å². The molecule has 2 rings (SSSR count). The van der Waals surface area contributed by atoms with E-state index in [0.29, 0.717) is 11.4 Å². The molecule has 0 radical (unpaired) electrons. The number of anilines is 2. The molecule has 1 amide bonds. The average molecular weight is 284 g/mol. The topological polar surface area (TPSA) is 78.4 Å². The van der Waals surface area contributed by atoms with E-state index in [0.717, 1.165) is 0 Å². The Morgan fingerprint density at radius 1 is 0.905 bits per heavy atom. The molecule has 0 bridgehead atoms. The number of para-hydroxylation sites is 2. The first kappa shape index (κ1) is 14.6. The summed E-state index contributed by atoms with van der Waals surface area (Å²) >= 11 is 0. The number of benzene rings is 2. The fraction of sp³-hybridized carbons (Fsp3) is 0.125. The van der Waals surface area contributed by atoms with Gasteiger partial charge in [-0.1, -0.05) is 36.4 Å². The van der Waals surface area contributed by atoms with Crippen molar-refractivity contribution < 1.29 is 14.7 Å². The number of amides is 1. The van der Waals surface area contributed by atoms with Crippen molar-refractivity contribution in [1.29, 1.82) is 0 Å². The molecular weight excluding hydrogens is 268 g/mol. The van der Waals surface area contributed by atoms with Gasteiger partial charge < -0.3 is 15.7 Å². The van der Waals surface area contributed by atoms with E-state index in [4.69, 9.17) is 5.11 Å². The van der Waals surface area contributed by atoms with Crippen LogP contribution in [0, 0.1) is 0 Å². The highest BCUT2D eigenvalue weighted by atomic mass is 16.4. The summed E-state index contributed by atoms with van der Waals surface area (Å²) in [5, 5.41) is 14.6. The lowest BCUT2D eigenvalue weighted by atomic mass is 10.1. The van der Waals surface area contributed by atoms with E-state index < -0.39 is 12.0 Å². The normalized spacial score (nSPS) is 11.4. The predicted molar refractivity (Wildman–Crippen MR) is 81.2 cm³/mol. The summed E-state index contributed by atoms with van der Waals surface area (Å²) < 4.78 is 0. The SMILES string of the molecule is O=C(O)C[C@H](Nc1ccccc1)C(=O)Nc1ccccc1. The maximum atomic E-state index is 12.2. The second-order valence-electron chi connectivity index (χ2n) is 4.52. The minimum Gasteiger partial charge on any atom is -0.481 e. The van der Waals surface area contributed by atoms with Crippen LogP contribution < -0.4 is 10.6 Å². The summed E-state index contributed by atoms with van der Waals surface area (Å²) in [6.07, 6.45) is -0.298. The van der Waals surface area contributed by atoms with Crippen molar-refractivity contribution in [2.45, 2.75) is 12.5 Å². The van der Waals surface area contributed by atoms with Crippen LogP contribution in [-0.2, 0) is 9.59 Å². The number of rotatable bonds is 6. The molecule has 0 saturated heterocycles. The van der Waals surface area contributed by atoms with Gasteiger partial charge in [-0.2, -0.15) is 0 Å². The van der Waals surface area contributed by atoms with Gasteiger partial charge in [0.05, 0.1) is 6.42 Å². The van der Waals surface area contributed by atoms with Crippen molar-refractivity contribution in [2.75, 3.05) is 10.6 Å². The van der Waals surface area contributed by atoms with Gasteiger partial charge in [-0.25, -0.2) is 0 Å². The quantitative estimate of drug-likeness (QED) is 0.762. The molecule has 0 aliphatic carbocycles. The van der Waals surface area contributed by atoms with Crippen molar-refractivity contribution in [1.82, 2.24) is 0 Å². The van der Waals surface area contributed by atoms with Gasteiger partial charge in [-0.3, -0.25) is 9.59 Å². The Morgan fingerprint density at radius 2 is 1.43 bits per heavy atom. The summed E-state index contributed by atoms with van der Waals surface area (Å²) in [4.78, 5) is 23.2. The summed E-state index contributed by atoms with van der Waals surface area (Å²) in [5.41, 5.74) is 1.33. The van der Waals surface area contributed by atoms with E-state index in [9.17, 15) is 9.59 Å². The van der Waals surface area contributed by atoms with Crippen molar-refractivity contribution in [3.8, 4) is 0 Å². The first-order valence-corrected chi connectivity index (χ1v) is 6.54. The Bertz CT molecular complexity index is 599. The smallest absolute Gasteiger partial charge is 0.305 e. The van der Waals surface area contributed by atoms with Crippen molar-refractivity contribution in [3.63, 3.8) is 0 Å². The molecule has 0 aliphatic heterocycles. The standard InChI is InChI=1S/C16H16N2O3/c19-15(20)11-14(17-12-7-3-1-4-8-12)16(21)18-13-9-5-2-6-10-13/h1-10,14,17H,11H2,(H,18,21)(H,19,20)/t14-/m0/s1. The Hall–Kier alpha value is -2.82. The second-order valence-corrected chi connectivity index (χ2v) is 4.52. The molecule has 5 heteroatoms. The number of carboxylic acid groups (broad SMARTS) is 1. The molecule has 0 aromatic heterocycles. The lowest BCUT2D eigenvalue weighted by Gasteiger charge is -2.18. The van der Waals surface area contributed by atoms with E-state index >= 15 is 0 Å². The number of carbonyl (C=O) groups excluding carboxylic acids is 1. The average Bonchev–Trinajstić information content (AvgIpc) is 2.48. The molecule has 0 spiro atoms. The van der Waals surface area contributed by atoms with E-state index in [2.05, 4.69) is 10.6 Å². The molecule has 0 fully saturated rings. The molecule has 5 nitrogen and oxygen atoms in total. The number of aliphatic carboxylic acids is 1. The molecule has 0 aliphatic rings. The molecule has 3 N–H and O–H groups in total. The summed E-state index contributed by atoms with van der Waals surface area (Å²) in [6, 6.07) is 17.1. The highest BCUT2D eigenvalue weighted by Gasteiger charge is 2.21. The number of carbonyl (C=O) groups is 2. The Labute approximate surface area is 122 Å². The van der Waals surface area contributed by atoms with Crippen LogP contribution >= 0.6 is 0 Å². The molecular formula is C16H16N2O3. The van der Waals surface area contributed by atoms with Crippen LogP contribution in [0.4, 0.5) is 11.4 Å². The Morgan fingerprint density at radius 3 is 1.95 bits per heavy atom. The molecule has 108 valence electrons. The molecule has 2 aromatic rings. The summed E-state index contributed by atoms with van der Waals surface area (Å²) in [7, 11) is 0. The van der Waals surface area contributed by atoms with Crippen molar-refractivity contribution in [3.05, 3.63) is 60.7 Å². The van der Waals surface area contributed by atoms with Gasteiger partial charge in [0.1, 0.15) is 6.04 Å². The minimum atomic E-state index is -1.04. The van der Waals surface area contributed by atoms with E-state index in [1.54, 1.807) is 36.4 Å². The highest BCUT2D eigenvalue weighted by Crippen LogP contribution is 2.12. The first-order chi connectivity index (χ1) is 10.1. The van der Waals surface area contributed by atoms with Gasteiger partial charge in [0.2, 0.25) is 5.91 Å². The number of carboxylic acids is 1. The third-order valence-corrected chi connectivity index (χ3v) is 2.85. The monoisotopic (exact) mass is 284 g/mol. The predicted octanol–water partition coefficient (Wildman–Crippen LogP) is 2.58. The lowest BCUT2D eigenvalue weighted by molar-refractivity contribution is -0.138. The van der Waals surface area contributed by atoms with Gasteiger partial charge in [0.15, 0.2) is 0 Å². The molecule has 0 saturated carbocycles. The van der Waals surface area contributed by atoms with Crippen molar-refractivity contribution in [2.24, 2.45) is 0 Å². The molecule has 21 heavy (non-hydrogen) atoms. The maximum Gasteiger partial charge on any atom is 0.305 e. The third kappa shape index (κ3) is 4.65. The maximum absolute atomic E-state index is 12.2. The van der Waals surface area contributed by atoms with Crippen LogP contribution in [0.15, 0.2) is 60.7 Å². The highest BCUT2D eigenvalue weighted by molar-refractivity contribution is 5.98. The van der Waals surface area contributed by atoms with E-state index in [1.807, 2.05) is 24.3 Å². The summed E-state index contributed by atoms with van der Waals surface area (Å²) in [5.74, 6) is -1.42.